The lowest BCUT2D eigenvalue weighted by Crippen LogP contribution is -2.50. The zero-order valence-electron chi connectivity index (χ0n) is 30.7. The molecule has 0 aromatic heterocycles. The number of aliphatic hydroxyl groups excluding tert-OH is 2. The van der Waals surface area contributed by atoms with E-state index in [1.807, 2.05) is 84.7 Å². The van der Waals surface area contributed by atoms with E-state index in [9.17, 15) is 38.1 Å². The molecule has 0 bridgehead atoms. The summed E-state index contributed by atoms with van der Waals surface area (Å²) in [5.41, 5.74) is 5.48. The van der Waals surface area contributed by atoms with Crippen molar-refractivity contribution in [3.63, 3.8) is 0 Å². The summed E-state index contributed by atoms with van der Waals surface area (Å²) >= 11 is 0. The number of aliphatic hydroxyl groups is 2. The zero-order chi connectivity index (χ0) is 39.3. The van der Waals surface area contributed by atoms with Gasteiger partial charge in [-0.3, -0.25) is 9.59 Å². The molecule has 2 saturated heterocycles. The highest BCUT2D eigenvalue weighted by Gasteiger charge is 2.47. The molecule has 13 heteroatoms. The van der Waals surface area contributed by atoms with Crippen LogP contribution in [0, 0.1) is 5.92 Å². The number of phenolic OH excluding ortho intramolecular Hbond substituents is 1. The van der Waals surface area contributed by atoms with Gasteiger partial charge in [-0.25, -0.2) is 0 Å². The molecule has 55 heavy (non-hydrogen) atoms. The van der Waals surface area contributed by atoms with Gasteiger partial charge >= 0.3 is 12.1 Å². The Kier molecular flexibility index (Phi) is 12.6. The Labute approximate surface area is 318 Å². The standard InChI is InChI=1S/C42H46F3N3O7/c1-26-37(24-47(2)23-36(51)31-8-5-9-33(50)21-31)54-40(55-38(26)29-14-12-27(25-49)13-15-29)30-18-16-28(17-19-30)34-10-4-3-7-32(34)22-46-39(52)35-11-6-20-48(35)41(53)42(43,44)45/h3-5,7-10,12-19,21,26,35-38,40,49-51H,6,11,20,22-25H2,1-2H3,(H,46,52)/t26-,35+,36-,37+,38+,40+/m1/s1. The summed E-state index contributed by atoms with van der Waals surface area (Å²) in [6.07, 6.45) is -6.81. The SMILES string of the molecule is C[C@@H]1[C@H](CN(C)C[C@@H](O)c2cccc(O)c2)O[C@H](c2ccc(-c3ccccc3CNC(=O)[C@@H]3CCCN3C(=O)C(F)(F)F)cc2)O[C@@H]1c1ccc(CO)cc1. The second kappa shape index (κ2) is 17.3. The van der Waals surface area contributed by atoms with Gasteiger partial charge in [0.05, 0.1) is 24.9 Å². The van der Waals surface area contributed by atoms with Crippen molar-refractivity contribution in [2.45, 2.75) is 69.7 Å². The third kappa shape index (κ3) is 9.54. The summed E-state index contributed by atoms with van der Waals surface area (Å²) in [6, 6.07) is 28.0. The first-order valence-electron chi connectivity index (χ1n) is 18.3. The molecular formula is C42H46F3N3O7. The number of hydrogen-bond acceptors (Lipinski definition) is 8. The molecule has 2 heterocycles. The van der Waals surface area contributed by atoms with Crippen molar-refractivity contribution >= 4 is 11.8 Å². The molecule has 2 aliphatic heterocycles. The maximum atomic E-state index is 13.1. The van der Waals surface area contributed by atoms with Crippen molar-refractivity contribution in [1.29, 1.82) is 0 Å². The lowest BCUT2D eigenvalue weighted by atomic mass is 9.90. The number of hydrogen-bond donors (Lipinski definition) is 4. The van der Waals surface area contributed by atoms with Gasteiger partial charge < -0.3 is 39.9 Å². The Bertz CT molecular complexity index is 1920. The summed E-state index contributed by atoms with van der Waals surface area (Å²) in [6.45, 7) is 2.69. The number of ether oxygens (including phenoxy) is 2. The third-order valence-electron chi connectivity index (χ3n) is 10.4. The van der Waals surface area contributed by atoms with Gasteiger partial charge in [0.1, 0.15) is 11.8 Å². The number of carbonyl (C=O) groups excluding carboxylic acids is 2. The van der Waals surface area contributed by atoms with Crippen LogP contribution in [-0.2, 0) is 32.2 Å². The highest BCUT2D eigenvalue weighted by molar-refractivity contribution is 5.90. The Balaban J connectivity index is 1.17. The van der Waals surface area contributed by atoms with E-state index in [1.54, 1.807) is 24.3 Å². The lowest BCUT2D eigenvalue weighted by Gasteiger charge is -2.42. The van der Waals surface area contributed by atoms with Gasteiger partial charge in [0.25, 0.3) is 0 Å². The third-order valence-corrected chi connectivity index (χ3v) is 10.4. The second-order valence-corrected chi connectivity index (χ2v) is 14.3. The normalized spacial score (nSPS) is 22.1. The highest BCUT2D eigenvalue weighted by Crippen LogP contribution is 2.42. The molecule has 0 radical (unpaired) electrons. The first kappa shape index (κ1) is 39.9. The number of halogens is 3. The largest absolute Gasteiger partial charge is 0.508 e. The van der Waals surface area contributed by atoms with Crippen LogP contribution in [0.5, 0.6) is 5.75 Å². The lowest BCUT2D eigenvalue weighted by molar-refractivity contribution is -0.276. The first-order valence-corrected chi connectivity index (χ1v) is 18.3. The molecule has 6 atom stereocenters. The molecule has 2 amide bonds. The van der Waals surface area contributed by atoms with Crippen LogP contribution in [0.3, 0.4) is 0 Å². The van der Waals surface area contributed by atoms with Crippen LogP contribution in [0.2, 0.25) is 0 Å². The number of alkyl halides is 3. The van der Waals surface area contributed by atoms with Crippen molar-refractivity contribution < 1.29 is 47.6 Å². The molecule has 2 aliphatic rings. The highest BCUT2D eigenvalue weighted by atomic mass is 19.4. The smallest absolute Gasteiger partial charge is 0.471 e. The van der Waals surface area contributed by atoms with Crippen LogP contribution in [0.15, 0.2) is 97.1 Å². The average molecular weight is 762 g/mol. The average Bonchev–Trinajstić information content (AvgIpc) is 3.67. The van der Waals surface area contributed by atoms with Crippen LogP contribution in [0.1, 0.15) is 66.1 Å². The maximum Gasteiger partial charge on any atom is 0.471 e. The van der Waals surface area contributed by atoms with Crippen LogP contribution >= 0.6 is 0 Å². The van der Waals surface area contributed by atoms with Crippen LogP contribution in [0.25, 0.3) is 11.1 Å². The number of likely N-dealkylation sites (tertiary alicyclic amines) is 1. The first-order chi connectivity index (χ1) is 26.3. The molecule has 2 fully saturated rings. The molecule has 4 aromatic carbocycles. The molecule has 0 aliphatic carbocycles. The topological polar surface area (TPSA) is 132 Å². The summed E-state index contributed by atoms with van der Waals surface area (Å²) in [5, 5.41) is 33.2. The minimum Gasteiger partial charge on any atom is -0.508 e. The van der Waals surface area contributed by atoms with Crippen molar-refractivity contribution in [2.75, 3.05) is 26.7 Å². The number of phenols is 1. The summed E-state index contributed by atoms with van der Waals surface area (Å²) in [5.74, 6) is -2.65. The number of nitrogens with one attached hydrogen (secondary N) is 1. The number of amides is 2. The predicted molar refractivity (Wildman–Crippen MR) is 198 cm³/mol. The summed E-state index contributed by atoms with van der Waals surface area (Å²) < 4.78 is 52.6. The molecule has 0 unspecified atom stereocenters. The van der Waals surface area contributed by atoms with E-state index in [-0.39, 0.29) is 50.0 Å². The number of rotatable bonds is 12. The number of carbonyl (C=O) groups is 2. The van der Waals surface area contributed by atoms with E-state index in [0.29, 0.717) is 30.0 Å². The Hall–Kier alpha value is -4.79. The predicted octanol–water partition coefficient (Wildman–Crippen LogP) is 6.18. The quantitative estimate of drug-likeness (QED) is 0.135. The Morgan fingerprint density at radius 1 is 0.964 bits per heavy atom. The van der Waals surface area contributed by atoms with E-state index in [2.05, 4.69) is 12.2 Å². The van der Waals surface area contributed by atoms with Gasteiger partial charge in [0, 0.05) is 37.7 Å². The Morgan fingerprint density at radius 2 is 1.67 bits per heavy atom. The molecule has 0 saturated carbocycles. The molecule has 4 N–H and O–H groups in total. The fourth-order valence-corrected chi connectivity index (χ4v) is 7.36. The van der Waals surface area contributed by atoms with E-state index >= 15 is 0 Å². The molecule has 0 spiro atoms. The second-order valence-electron chi connectivity index (χ2n) is 14.3. The monoisotopic (exact) mass is 761 g/mol. The van der Waals surface area contributed by atoms with Crippen molar-refractivity contribution in [1.82, 2.24) is 15.1 Å². The molecule has 4 aromatic rings. The van der Waals surface area contributed by atoms with E-state index < -0.39 is 36.4 Å². The van der Waals surface area contributed by atoms with Gasteiger partial charge in [-0.1, -0.05) is 91.9 Å². The minimum atomic E-state index is -5.05. The fraction of sp³-hybridized carbons (Fsp3) is 0.381. The van der Waals surface area contributed by atoms with Crippen molar-refractivity contribution in [3.8, 4) is 16.9 Å². The number of nitrogens with zero attached hydrogens (tertiary/aromatic N) is 2. The van der Waals surface area contributed by atoms with Crippen LogP contribution in [-0.4, -0.2) is 81.9 Å². The van der Waals surface area contributed by atoms with Crippen LogP contribution < -0.4 is 5.32 Å². The summed E-state index contributed by atoms with van der Waals surface area (Å²) in [7, 11) is 1.90. The number of likely N-dealkylation sites (N-methyl/N-ethyl adjacent to an activating group) is 1. The van der Waals surface area contributed by atoms with Gasteiger partial charge in [0.2, 0.25) is 5.91 Å². The number of benzene rings is 4. The van der Waals surface area contributed by atoms with Crippen molar-refractivity contribution in [3.05, 3.63) is 125 Å². The van der Waals surface area contributed by atoms with E-state index in [4.69, 9.17) is 9.47 Å². The van der Waals surface area contributed by atoms with Crippen LogP contribution in [0.4, 0.5) is 13.2 Å². The fourth-order valence-electron chi connectivity index (χ4n) is 7.36. The van der Waals surface area contributed by atoms with Gasteiger partial charge in [-0.05, 0) is 65.4 Å². The maximum absolute atomic E-state index is 13.1. The molecule has 292 valence electrons. The van der Waals surface area contributed by atoms with Gasteiger partial charge in [0.15, 0.2) is 6.29 Å². The molecular weight excluding hydrogens is 715 g/mol. The minimum absolute atomic E-state index is 0.0557. The number of aromatic hydroxyl groups is 1. The molecule has 6 rings (SSSR count). The Morgan fingerprint density at radius 3 is 2.36 bits per heavy atom. The summed E-state index contributed by atoms with van der Waals surface area (Å²) in [4.78, 5) is 27.5. The zero-order valence-corrected chi connectivity index (χ0v) is 30.7. The van der Waals surface area contributed by atoms with E-state index in [0.717, 1.165) is 33.4 Å². The van der Waals surface area contributed by atoms with E-state index in [1.165, 1.54) is 0 Å². The van der Waals surface area contributed by atoms with Gasteiger partial charge in [-0.2, -0.15) is 13.2 Å². The molecule has 10 nitrogen and oxygen atoms in total. The van der Waals surface area contributed by atoms with Gasteiger partial charge in [-0.15, -0.1) is 0 Å². The van der Waals surface area contributed by atoms with Crippen molar-refractivity contribution in [2.24, 2.45) is 5.92 Å².